The van der Waals surface area contributed by atoms with Crippen molar-refractivity contribution in [2.45, 2.75) is 33.6 Å². The Hall–Kier alpha value is -1.19. The van der Waals surface area contributed by atoms with Gasteiger partial charge in [-0.2, -0.15) is 0 Å². The lowest BCUT2D eigenvalue weighted by molar-refractivity contribution is 0.573. The second kappa shape index (κ2) is 5.63. The van der Waals surface area contributed by atoms with E-state index >= 15 is 0 Å². The van der Waals surface area contributed by atoms with Crippen molar-refractivity contribution in [3.05, 3.63) is 17.8 Å². The van der Waals surface area contributed by atoms with E-state index in [2.05, 4.69) is 29.1 Å². The van der Waals surface area contributed by atoms with Crippen molar-refractivity contribution < 1.29 is 4.39 Å². The average molecular weight is 211 g/mol. The van der Waals surface area contributed by atoms with Gasteiger partial charge in [0.05, 0.1) is 5.69 Å². The first-order chi connectivity index (χ1) is 7.19. The number of hydrogen-bond donors (Lipinski definition) is 1. The van der Waals surface area contributed by atoms with Gasteiger partial charge in [-0.1, -0.05) is 27.2 Å². The molecule has 15 heavy (non-hydrogen) atoms. The van der Waals surface area contributed by atoms with Gasteiger partial charge in [0, 0.05) is 6.54 Å². The topological polar surface area (TPSA) is 37.8 Å². The summed E-state index contributed by atoms with van der Waals surface area (Å²) in [5.41, 5.74) is 0.469. The van der Waals surface area contributed by atoms with E-state index in [1.807, 2.05) is 6.92 Å². The van der Waals surface area contributed by atoms with Crippen LogP contribution in [0, 0.1) is 11.7 Å². The summed E-state index contributed by atoms with van der Waals surface area (Å²) >= 11 is 0. The third kappa shape index (κ3) is 3.15. The van der Waals surface area contributed by atoms with Crippen LogP contribution in [0.1, 0.15) is 32.9 Å². The quantitative estimate of drug-likeness (QED) is 0.813. The Bertz CT molecular complexity index is 315. The van der Waals surface area contributed by atoms with Crippen LogP contribution >= 0.6 is 0 Å². The molecule has 1 aromatic rings. The Labute approximate surface area is 90.1 Å². The SMILES string of the molecule is CCc1ncnc(NCC(C)CC)c1F. The molecule has 0 aromatic carbocycles. The van der Waals surface area contributed by atoms with Gasteiger partial charge in [-0.25, -0.2) is 14.4 Å². The van der Waals surface area contributed by atoms with Gasteiger partial charge in [-0.3, -0.25) is 0 Å². The molecule has 4 heteroatoms. The highest BCUT2D eigenvalue weighted by atomic mass is 19.1. The molecule has 0 aliphatic rings. The van der Waals surface area contributed by atoms with Crippen molar-refractivity contribution in [3.63, 3.8) is 0 Å². The van der Waals surface area contributed by atoms with E-state index in [0.717, 1.165) is 13.0 Å². The predicted octanol–water partition coefficient (Wildman–Crippen LogP) is 2.64. The highest BCUT2D eigenvalue weighted by Gasteiger charge is 2.09. The van der Waals surface area contributed by atoms with Crippen LogP contribution < -0.4 is 5.32 Å². The monoisotopic (exact) mass is 211 g/mol. The lowest BCUT2D eigenvalue weighted by Crippen LogP contribution is -2.13. The minimum absolute atomic E-state index is 0.316. The molecule has 0 bridgehead atoms. The van der Waals surface area contributed by atoms with Crippen molar-refractivity contribution in [1.82, 2.24) is 9.97 Å². The summed E-state index contributed by atoms with van der Waals surface area (Å²) in [6.45, 7) is 6.85. The number of nitrogens with one attached hydrogen (secondary N) is 1. The maximum absolute atomic E-state index is 13.6. The predicted molar refractivity (Wildman–Crippen MR) is 59.3 cm³/mol. The van der Waals surface area contributed by atoms with Gasteiger partial charge < -0.3 is 5.32 Å². The van der Waals surface area contributed by atoms with Crippen LogP contribution in [0.25, 0.3) is 0 Å². The van der Waals surface area contributed by atoms with Crippen LogP contribution in [0.15, 0.2) is 6.33 Å². The molecule has 0 fully saturated rings. The molecule has 0 aliphatic carbocycles. The van der Waals surface area contributed by atoms with Gasteiger partial charge in [-0.15, -0.1) is 0 Å². The third-order valence-corrected chi connectivity index (χ3v) is 2.51. The van der Waals surface area contributed by atoms with Crippen molar-refractivity contribution in [3.8, 4) is 0 Å². The zero-order chi connectivity index (χ0) is 11.3. The van der Waals surface area contributed by atoms with Gasteiger partial charge in [0.15, 0.2) is 11.6 Å². The molecule has 0 saturated heterocycles. The zero-order valence-electron chi connectivity index (χ0n) is 9.55. The van der Waals surface area contributed by atoms with E-state index in [1.165, 1.54) is 6.33 Å². The second-order valence-electron chi connectivity index (χ2n) is 3.73. The molecular formula is C11H18FN3. The summed E-state index contributed by atoms with van der Waals surface area (Å²) in [4.78, 5) is 7.77. The van der Waals surface area contributed by atoms with E-state index in [0.29, 0.717) is 23.9 Å². The van der Waals surface area contributed by atoms with Crippen LogP contribution in [0.5, 0.6) is 0 Å². The molecule has 1 heterocycles. The van der Waals surface area contributed by atoms with Crippen LogP contribution in [0.3, 0.4) is 0 Å². The Kier molecular flexibility index (Phi) is 4.46. The number of anilines is 1. The fourth-order valence-electron chi connectivity index (χ4n) is 1.19. The summed E-state index contributed by atoms with van der Waals surface area (Å²) in [6, 6.07) is 0. The van der Waals surface area contributed by atoms with E-state index in [4.69, 9.17) is 0 Å². The van der Waals surface area contributed by atoms with Crippen molar-refractivity contribution in [2.75, 3.05) is 11.9 Å². The van der Waals surface area contributed by atoms with Gasteiger partial charge in [0.25, 0.3) is 0 Å². The fraction of sp³-hybridized carbons (Fsp3) is 0.636. The number of hydrogen-bond acceptors (Lipinski definition) is 3. The fourth-order valence-corrected chi connectivity index (χ4v) is 1.19. The minimum Gasteiger partial charge on any atom is -0.367 e. The van der Waals surface area contributed by atoms with Gasteiger partial charge >= 0.3 is 0 Å². The summed E-state index contributed by atoms with van der Waals surface area (Å²) in [6.07, 6.45) is 3.06. The molecule has 0 amide bonds. The lowest BCUT2D eigenvalue weighted by atomic mass is 10.1. The molecule has 1 aromatic heterocycles. The lowest BCUT2D eigenvalue weighted by Gasteiger charge is -2.11. The molecule has 0 aliphatic heterocycles. The number of aryl methyl sites for hydroxylation is 1. The average Bonchev–Trinajstić information content (AvgIpc) is 2.27. The van der Waals surface area contributed by atoms with E-state index in [9.17, 15) is 4.39 Å². The van der Waals surface area contributed by atoms with Gasteiger partial charge in [-0.05, 0) is 12.3 Å². The molecule has 84 valence electrons. The highest BCUT2D eigenvalue weighted by Crippen LogP contribution is 2.14. The highest BCUT2D eigenvalue weighted by molar-refractivity contribution is 5.37. The largest absolute Gasteiger partial charge is 0.367 e. The maximum Gasteiger partial charge on any atom is 0.186 e. The first-order valence-corrected chi connectivity index (χ1v) is 5.42. The number of nitrogens with zero attached hydrogens (tertiary/aromatic N) is 2. The second-order valence-corrected chi connectivity index (χ2v) is 3.73. The molecule has 1 unspecified atom stereocenters. The molecule has 1 N–H and O–H groups in total. The standard InChI is InChI=1S/C11H18FN3/c1-4-8(3)6-13-11-10(12)9(5-2)14-7-15-11/h7-8H,4-6H2,1-3H3,(H,13,14,15). The molecule has 1 atom stereocenters. The Morgan fingerprint density at radius 3 is 2.73 bits per heavy atom. The summed E-state index contributed by atoms with van der Waals surface area (Å²) < 4.78 is 13.6. The molecule has 3 nitrogen and oxygen atoms in total. The Morgan fingerprint density at radius 2 is 2.13 bits per heavy atom. The van der Waals surface area contributed by atoms with Crippen LogP contribution in [0.4, 0.5) is 10.2 Å². The molecule has 1 rings (SSSR count). The summed E-state index contributed by atoms with van der Waals surface area (Å²) in [5, 5.41) is 3.01. The number of rotatable bonds is 5. The van der Waals surface area contributed by atoms with Crippen molar-refractivity contribution >= 4 is 5.82 Å². The van der Waals surface area contributed by atoms with E-state index in [1.54, 1.807) is 0 Å². The van der Waals surface area contributed by atoms with Crippen molar-refractivity contribution in [1.29, 1.82) is 0 Å². The molecule has 0 radical (unpaired) electrons. The molecule has 0 spiro atoms. The summed E-state index contributed by atoms with van der Waals surface area (Å²) in [5.74, 6) is 0.523. The maximum atomic E-state index is 13.6. The number of aromatic nitrogens is 2. The minimum atomic E-state index is -0.316. The smallest absolute Gasteiger partial charge is 0.186 e. The number of halogens is 1. The van der Waals surface area contributed by atoms with Gasteiger partial charge in [0.2, 0.25) is 0 Å². The van der Waals surface area contributed by atoms with Crippen molar-refractivity contribution in [2.24, 2.45) is 5.92 Å². The van der Waals surface area contributed by atoms with Crippen LogP contribution in [-0.2, 0) is 6.42 Å². The normalized spacial score (nSPS) is 12.5. The first kappa shape index (κ1) is 11.9. The Balaban J connectivity index is 2.68. The third-order valence-electron chi connectivity index (χ3n) is 2.51. The first-order valence-electron chi connectivity index (χ1n) is 5.42. The van der Waals surface area contributed by atoms with Crippen LogP contribution in [-0.4, -0.2) is 16.5 Å². The molecule has 0 saturated carbocycles. The van der Waals surface area contributed by atoms with E-state index in [-0.39, 0.29) is 5.82 Å². The Morgan fingerprint density at radius 1 is 1.40 bits per heavy atom. The van der Waals surface area contributed by atoms with Crippen LogP contribution in [0.2, 0.25) is 0 Å². The zero-order valence-corrected chi connectivity index (χ0v) is 9.55. The summed E-state index contributed by atoms with van der Waals surface area (Å²) in [7, 11) is 0. The van der Waals surface area contributed by atoms with Gasteiger partial charge in [0.1, 0.15) is 6.33 Å². The molecular weight excluding hydrogens is 193 g/mol. The van der Waals surface area contributed by atoms with E-state index < -0.39 is 0 Å².